The Hall–Kier alpha value is -1.84. The number of ketones is 1. The zero-order chi connectivity index (χ0) is 15.4. The summed E-state index contributed by atoms with van der Waals surface area (Å²) in [4.78, 5) is 25.3. The lowest BCUT2D eigenvalue weighted by Gasteiger charge is -2.30. The Balaban J connectivity index is 1.84. The van der Waals surface area contributed by atoms with Crippen LogP contribution in [0.4, 0.5) is 0 Å². The molecular weight excluding hydrogens is 266 g/mol. The van der Waals surface area contributed by atoms with Gasteiger partial charge in [0.1, 0.15) is 11.5 Å². The predicted octanol–water partition coefficient (Wildman–Crippen LogP) is 2.51. The van der Waals surface area contributed by atoms with Crippen molar-refractivity contribution in [1.82, 2.24) is 4.90 Å². The Bertz CT molecular complexity index is 531. The quantitative estimate of drug-likeness (QED) is 0.855. The number of carbonyl (C=O) groups is 2. The van der Waals surface area contributed by atoms with Gasteiger partial charge in [-0.25, -0.2) is 0 Å². The molecule has 0 bridgehead atoms. The van der Waals surface area contributed by atoms with Crippen LogP contribution in [0.5, 0.6) is 5.75 Å². The summed E-state index contributed by atoms with van der Waals surface area (Å²) in [6.07, 6.45) is 1.54. The van der Waals surface area contributed by atoms with Crippen molar-refractivity contribution in [3.05, 3.63) is 29.3 Å². The zero-order valence-electron chi connectivity index (χ0n) is 13.0. The monoisotopic (exact) mass is 289 g/mol. The van der Waals surface area contributed by atoms with Gasteiger partial charge in [0, 0.05) is 19.0 Å². The van der Waals surface area contributed by atoms with Gasteiger partial charge in [0.25, 0.3) is 5.91 Å². The van der Waals surface area contributed by atoms with Crippen molar-refractivity contribution in [3.63, 3.8) is 0 Å². The number of Topliss-reactive ketones (excluding diaryl/α,β-unsaturated/α-hetero) is 1. The zero-order valence-corrected chi connectivity index (χ0v) is 13.0. The van der Waals surface area contributed by atoms with E-state index in [1.807, 2.05) is 32.0 Å². The molecule has 1 fully saturated rings. The summed E-state index contributed by atoms with van der Waals surface area (Å²) in [7, 11) is 0. The molecule has 2 rings (SSSR count). The molecule has 4 nitrogen and oxygen atoms in total. The summed E-state index contributed by atoms with van der Waals surface area (Å²) in [6, 6.07) is 5.92. The average Bonchev–Trinajstić information content (AvgIpc) is 2.46. The highest BCUT2D eigenvalue weighted by atomic mass is 16.5. The van der Waals surface area contributed by atoms with Crippen molar-refractivity contribution >= 4 is 11.7 Å². The third-order valence-electron chi connectivity index (χ3n) is 4.10. The van der Waals surface area contributed by atoms with E-state index in [2.05, 4.69) is 0 Å². The van der Waals surface area contributed by atoms with Crippen LogP contribution in [0.2, 0.25) is 0 Å². The first-order valence-corrected chi connectivity index (χ1v) is 7.45. The van der Waals surface area contributed by atoms with Crippen molar-refractivity contribution in [3.8, 4) is 5.75 Å². The molecule has 0 spiro atoms. The molecule has 0 N–H and O–H groups in total. The fourth-order valence-corrected chi connectivity index (χ4v) is 2.73. The molecule has 0 radical (unpaired) electrons. The van der Waals surface area contributed by atoms with Gasteiger partial charge in [-0.3, -0.25) is 9.59 Å². The van der Waals surface area contributed by atoms with E-state index in [0.29, 0.717) is 13.1 Å². The molecule has 0 atom stereocenters. The summed E-state index contributed by atoms with van der Waals surface area (Å²) in [5.41, 5.74) is 2.22. The van der Waals surface area contributed by atoms with Gasteiger partial charge in [0.15, 0.2) is 6.61 Å². The van der Waals surface area contributed by atoms with Gasteiger partial charge in [0.05, 0.1) is 0 Å². The molecule has 1 aliphatic heterocycles. The molecule has 0 saturated carbocycles. The SMILES string of the molecule is CC(=O)C1CCN(C(=O)COc2ccc(C)cc2C)CC1. The number of piperidine rings is 1. The van der Waals surface area contributed by atoms with E-state index in [0.717, 1.165) is 24.2 Å². The normalized spacial score (nSPS) is 15.9. The molecule has 0 unspecified atom stereocenters. The lowest BCUT2D eigenvalue weighted by atomic mass is 9.93. The minimum absolute atomic E-state index is 0.00280. The Morgan fingerprint density at radius 3 is 2.48 bits per heavy atom. The van der Waals surface area contributed by atoms with Crippen LogP contribution in [0.1, 0.15) is 30.9 Å². The van der Waals surface area contributed by atoms with Crippen LogP contribution in [0.25, 0.3) is 0 Å². The number of rotatable bonds is 4. The van der Waals surface area contributed by atoms with Crippen LogP contribution in [-0.2, 0) is 9.59 Å². The van der Waals surface area contributed by atoms with E-state index < -0.39 is 0 Å². The molecule has 114 valence electrons. The van der Waals surface area contributed by atoms with Gasteiger partial charge in [-0.05, 0) is 45.2 Å². The summed E-state index contributed by atoms with van der Waals surface area (Å²) in [6.45, 7) is 7.00. The van der Waals surface area contributed by atoms with Crippen molar-refractivity contribution in [1.29, 1.82) is 0 Å². The lowest BCUT2D eigenvalue weighted by Crippen LogP contribution is -2.42. The fraction of sp³-hybridized carbons (Fsp3) is 0.529. The molecule has 21 heavy (non-hydrogen) atoms. The second-order valence-electron chi connectivity index (χ2n) is 5.82. The molecule has 1 heterocycles. The number of hydrogen-bond donors (Lipinski definition) is 0. The third-order valence-corrected chi connectivity index (χ3v) is 4.10. The smallest absolute Gasteiger partial charge is 0.260 e. The van der Waals surface area contributed by atoms with Crippen LogP contribution in [-0.4, -0.2) is 36.3 Å². The maximum absolute atomic E-state index is 12.1. The number of amides is 1. The van der Waals surface area contributed by atoms with Gasteiger partial charge in [-0.1, -0.05) is 17.7 Å². The summed E-state index contributed by atoms with van der Waals surface area (Å²) in [5.74, 6) is 1.10. The Morgan fingerprint density at radius 1 is 1.24 bits per heavy atom. The number of ether oxygens (including phenoxy) is 1. The molecule has 1 aliphatic rings. The minimum Gasteiger partial charge on any atom is -0.484 e. The third kappa shape index (κ3) is 4.06. The highest BCUT2D eigenvalue weighted by Crippen LogP contribution is 2.20. The first kappa shape index (κ1) is 15.5. The molecular formula is C17H23NO3. The summed E-state index contributed by atoms with van der Waals surface area (Å²) < 4.78 is 5.62. The van der Waals surface area contributed by atoms with Gasteiger partial charge in [-0.15, -0.1) is 0 Å². The second-order valence-corrected chi connectivity index (χ2v) is 5.82. The molecule has 1 saturated heterocycles. The van der Waals surface area contributed by atoms with Crippen molar-refractivity contribution in [2.45, 2.75) is 33.6 Å². The molecule has 1 aromatic carbocycles. The number of carbonyl (C=O) groups excluding carboxylic acids is 2. The van der Waals surface area contributed by atoms with Crippen molar-refractivity contribution in [2.24, 2.45) is 5.92 Å². The van der Waals surface area contributed by atoms with E-state index >= 15 is 0 Å². The van der Waals surface area contributed by atoms with Crippen LogP contribution in [0, 0.1) is 19.8 Å². The lowest BCUT2D eigenvalue weighted by molar-refractivity contribution is -0.136. The molecule has 4 heteroatoms. The van der Waals surface area contributed by atoms with E-state index in [9.17, 15) is 9.59 Å². The van der Waals surface area contributed by atoms with Crippen LogP contribution in [0.15, 0.2) is 18.2 Å². The van der Waals surface area contributed by atoms with Crippen LogP contribution in [0.3, 0.4) is 0 Å². The highest BCUT2D eigenvalue weighted by molar-refractivity contribution is 5.80. The van der Waals surface area contributed by atoms with E-state index in [4.69, 9.17) is 4.74 Å². The topological polar surface area (TPSA) is 46.6 Å². The molecule has 1 aromatic rings. The highest BCUT2D eigenvalue weighted by Gasteiger charge is 2.25. The van der Waals surface area contributed by atoms with E-state index in [1.54, 1.807) is 11.8 Å². The number of aryl methyl sites for hydroxylation is 2. The Morgan fingerprint density at radius 2 is 1.90 bits per heavy atom. The molecule has 0 aromatic heterocycles. The van der Waals surface area contributed by atoms with Gasteiger partial charge >= 0.3 is 0 Å². The minimum atomic E-state index is -0.00280. The summed E-state index contributed by atoms with van der Waals surface area (Å²) in [5, 5.41) is 0. The van der Waals surface area contributed by atoms with Gasteiger partial charge in [0.2, 0.25) is 0 Å². The van der Waals surface area contributed by atoms with Crippen molar-refractivity contribution < 1.29 is 14.3 Å². The number of nitrogens with zero attached hydrogens (tertiary/aromatic N) is 1. The van der Waals surface area contributed by atoms with Crippen LogP contribution >= 0.6 is 0 Å². The number of hydrogen-bond acceptors (Lipinski definition) is 3. The van der Waals surface area contributed by atoms with Gasteiger partial charge < -0.3 is 9.64 Å². The first-order chi connectivity index (χ1) is 9.97. The first-order valence-electron chi connectivity index (χ1n) is 7.45. The van der Waals surface area contributed by atoms with E-state index in [1.165, 1.54) is 5.56 Å². The fourth-order valence-electron chi connectivity index (χ4n) is 2.73. The summed E-state index contributed by atoms with van der Waals surface area (Å²) >= 11 is 0. The Kier molecular flexibility index (Phi) is 4.99. The largest absolute Gasteiger partial charge is 0.484 e. The second kappa shape index (κ2) is 6.74. The van der Waals surface area contributed by atoms with Crippen LogP contribution < -0.4 is 4.74 Å². The number of likely N-dealkylation sites (tertiary alicyclic amines) is 1. The molecule has 0 aliphatic carbocycles. The molecule has 1 amide bonds. The van der Waals surface area contributed by atoms with E-state index in [-0.39, 0.29) is 24.2 Å². The predicted molar refractivity (Wildman–Crippen MR) is 81.4 cm³/mol. The standard InChI is InChI=1S/C17H23NO3/c1-12-4-5-16(13(2)10-12)21-11-17(20)18-8-6-15(7-9-18)14(3)19/h4-5,10,15H,6-9,11H2,1-3H3. The maximum Gasteiger partial charge on any atom is 0.260 e. The number of benzene rings is 1. The maximum atomic E-state index is 12.1. The van der Waals surface area contributed by atoms with Gasteiger partial charge in [-0.2, -0.15) is 0 Å². The average molecular weight is 289 g/mol. The van der Waals surface area contributed by atoms with Crippen molar-refractivity contribution in [2.75, 3.05) is 19.7 Å². The Labute approximate surface area is 126 Å².